The summed E-state index contributed by atoms with van der Waals surface area (Å²) in [7, 11) is -0.715. The lowest BCUT2D eigenvalue weighted by atomic mass is 9.90. The second-order valence-corrected chi connectivity index (χ2v) is 6.21. The Hall–Kier alpha value is -1.99. The van der Waals surface area contributed by atoms with Crippen LogP contribution in [0.25, 0.3) is 37.9 Å². The van der Waals surface area contributed by atoms with E-state index in [9.17, 15) is 4.89 Å². The van der Waals surface area contributed by atoms with Crippen LogP contribution >= 0.6 is 9.03 Å². The van der Waals surface area contributed by atoms with Crippen LogP contribution in [0.4, 0.5) is 0 Å². The molecule has 0 spiro atoms. The molecule has 0 aliphatic carbocycles. The first-order chi connectivity index (χ1) is 11.3. The zero-order chi connectivity index (χ0) is 15.8. The van der Waals surface area contributed by atoms with Crippen LogP contribution in [-0.4, -0.2) is 6.61 Å². The van der Waals surface area contributed by atoms with E-state index in [4.69, 9.17) is 4.52 Å². The minimum atomic E-state index is -0.715. The lowest BCUT2D eigenvalue weighted by molar-refractivity contribution is -0.168. The molecule has 0 heterocycles. The van der Waals surface area contributed by atoms with Gasteiger partial charge >= 0.3 is 0 Å². The zero-order valence-electron chi connectivity index (χ0n) is 12.8. The van der Waals surface area contributed by atoms with E-state index >= 15 is 0 Å². The standard InChI is InChI=1S/C20H16O2P/c1-13(11-12-22-23-21)17-9-7-16-6-5-14-3-2-4-15-8-10-18(17)20(16)19(14)15/h2-11,23H,12H2,1H3/q-1/b13-11+. The Labute approximate surface area is 136 Å². The van der Waals surface area contributed by atoms with Gasteiger partial charge in [0.05, 0.1) is 6.61 Å². The highest BCUT2D eigenvalue weighted by molar-refractivity contribution is 7.23. The summed E-state index contributed by atoms with van der Waals surface area (Å²) < 4.78 is 4.95. The maximum Gasteiger partial charge on any atom is 0.0676 e. The first-order valence-corrected chi connectivity index (χ1v) is 8.44. The van der Waals surface area contributed by atoms with Gasteiger partial charge in [0.25, 0.3) is 0 Å². The van der Waals surface area contributed by atoms with E-state index in [0.717, 1.165) is 5.57 Å². The molecule has 0 N–H and O–H groups in total. The van der Waals surface area contributed by atoms with Gasteiger partial charge in [-0.15, -0.1) is 0 Å². The van der Waals surface area contributed by atoms with Crippen LogP contribution < -0.4 is 4.89 Å². The van der Waals surface area contributed by atoms with Crippen molar-refractivity contribution in [1.29, 1.82) is 0 Å². The Kier molecular flexibility index (Phi) is 3.74. The molecule has 0 amide bonds. The summed E-state index contributed by atoms with van der Waals surface area (Å²) in [6.45, 7) is 2.44. The van der Waals surface area contributed by atoms with Crippen molar-refractivity contribution in [3.05, 3.63) is 66.2 Å². The van der Waals surface area contributed by atoms with Crippen LogP contribution in [0.2, 0.25) is 0 Å². The van der Waals surface area contributed by atoms with Gasteiger partial charge in [-0.3, -0.25) is 0 Å². The summed E-state index contributed by atoms with van der Waals surface area (Å²) in [6.07, 6.45) is 1.98. The van der Waals surface area contributed by atoms with Gasteiger partial charge in [0.1, 0.15) is 0 Å². The fourth-order valence-electron chi connectivity index (χ4n) is 3.39. The van der Waals surface area contributed by atoms with Crippen molar-refractivity contribution >= 4 is 46.9 Å². The molecule has 2 nitrogen and oxygen atoms in total. The van der Waals surface area contributed by atoms with E-state index in [0.29, 0.717) is 6.61 Å². The second-order valence-electron chi connectivity index (χ2n) is 5.75. The molecule has 1 atom stereocenters. The molecule has 0 aromatic heterocycles. The normalized spacial score (nSPS) is 13.2. The van der Waals surface area contributed by atoms with Crippen molar-refractivity contribution in [1.82, 2.24) is 0 Å². The van der Waals surface area contributed by atoms with E-state index in [1.165, 1.54) is 37.9 Å². The second kappa shape index (κ2) is 5.90. The van der Waals surface area contributed by atoms with Crippen molar-refractivity contribution < 1.29 is 9.42 Å². The van der Waals surface area contributed by atoms with Gasteiger partial charge in [0.2, 0.25) is 0 Å². The van der Waals surface area contributed by atoms with Crippen LogP contribution in [-0.2, 0) is 4.52 Å². The minimum absolute atomic E-state index is 0.371. The van der Waals surface area contributed by atoms with Gasteiger partial charge in [-0.1, -0.05) is 69.7 Å². The Morgan fingerprint density at radius 2 is 1.61 bits per heavy atom. The van der Waals surface area contributed by atoms with Crippen molar-refractivity contribution in [2.75, 3.05) is 6.61 Å². The Morgan fingerprint density at radius 3 is 2.35 bits per heavy atom. The number of benzene rings is 4. The highest BCUT2D eigenvalue weighted by Gasteiger charge is 2.11. The highest BCUT2D eigenvalue weighted by atomic mass is 31.1. The molecule has 0 bridgehead atoms. The van der Waals surface area contributed by atoms with Crippen molar-refractivity contribution in [3.8, 4) is 0 Å². The van der Waals surface area contributed by atoms with Gasteiger partial charge in [-0.25, -0.2) is 0 Å². The van der Waals surface area contributed by atoms with Gasteiger partial charge in [0, 0.05) is 0 Å². The maximum atomic E-state index is 10.5. The molecular weight excluding hydrogens is 303 g/mol. The summed E-state index contributed by atoms with van der Waals surface area (Å²) in [4.78, 5) is 10.5. The van der Waals surface area contributed by atoms with Gasteiger partial charge in [-0.05, 0) is 50.4 Å². The van der Waals surface area contributed by atoms with E-state index in [1.807, 2.05) is 6.08 Å². The Morgan fingerprint density at radius 1 is 0.957 bits per heavy atom. The van der Waals surface area contributed by atoms with E-state index < -0.39 is 9.03 Å². The SMILES string of the molecule is C/C(=C\COP[O-])c1ccc2ccc3cccc4ccc1c2c34. The van der Waals surface area contributed by atoms with Crippen molar-refractivity contribution in [3.63, 3.8) is 0 Å². The average Bonchev–Trinajstić information content (AvgIpc) is 2.59. The first kappa shape index (κ1) is 14.6. The molecule has 0 aliphatic heterocycles. The van der Waals surface area contributed by atoms with Gasteiger partial charge < -0.3 is 9.42 Å². The van der Waals surface area contributed by atoms with Crippen LogP contribution in [0, 0.1) is 0 Å². The summed E-state index contributed by atoms with van der Waals surface area (Å²) >= 11 is 0. The topological polar surface area (TPSA) is 32.3 Å². The number of hydrogen-bond donors (Lipinski definition) is 0. The van der Waals surface area contributed by atoms with E-state index in [1.54, 1.807) is 0 Å². The largest absolute Gasteiger partial charge is 0.810 e. The molecule has 4 aromatic rings. The molecule has 0 saturated carbocycles. The molecule has 0 saturated heterocycles. The summed E-state index contributed by atoms with van der Waals surface area (Å²) in [5.41, 5.74) is 2.34. The van der Waals surface area contributed by atoms with Crippen LogP contribution in [0.1, 0.15) is 12.5 Å². The summed E-state index contributed by atoms with van der Waals surface area (Å²) in [6, 6.07) is 19.5. The molecular formula is C20H16O2P-. The smallest absolute Gasteiger partial charge is 0.0676 e. The fraction of sp³-hybridized carbons (Fsp3) is 0.100. The predicted molar refractivity (Wildman–Crippen MR) is 98.1 cm³/mol. The lowest BCUT2D eigenvalue weighted by Crippen LogP contribution is -1.91. The molecule has 0 fully saturated rings. The third kappa shape index (κ3) is 2.40. The summed E-state index contributed by atoms with van der Waals surface area (Å²) in [5, 5.41) is 7.71. The fourth-order valence-corrected chi connectivity index (χ4v) is 3.54. The third-order valence-corrected chi connectivity index (χ3v) is 4.77. The Balaban J connectivity index is 2.02. The average molecular weight is 319 g/mol. The molecule has 4 aromatic carbocycles. The molecule has 114 valence electrons. The van der Waals surface area contributed by atoms with Crippen LogP contribution in [0.15, 0.2) is 60.7 Å². The minimum Gasteiger partial charge on any atom is -0.810 e. The molecule has 0 aliphatic rings. The third-order valence-electron chi connectivity index (χ3n) is 4.49. The number of hydrogen-bond acceptors (Lipinski definition) is 2. The number of rotatable bonds is 4. The van der Waals surface area contributed by atoms with Gasteiger partial charge in [0.15, 0.2) is 0 Å². The molecule has 0 radical (unpaired) electrons. The molecule has 3 heteroatoms. The predicted octanol–water partition coefficient (Wildman–Crippen LogP) is 4.87. The monoisotopic (exact) mass is 319 g/mol. The lowest BCUT2D eigenvalue weighted by Gasteiger charge is -2.14. The van der Waals surface area contributed by atoms with Crippen LogP contribution in [0.3, 0.4) is 0 Å². The molecule has 23 heavy (non-hydrogen) atoms. The Bertz CT molecular complexity index is 1000. The van der Waals surface area contributed by atoms with E-state index in [-0.39, 0.29) is 0 Å². The molecule has 1 unspecified atom stereocenters. The first-order valence-electron chi connectivity index (χ1n) is 7.62. The molecule has 4 rings (SSSR count). The summed E-state index contributed by atoms with van der Waals surface area (Å²) in [5.74, 6) is 0. The van der Waals surface area contributed by atoms with Crippen molar-refractivity contribution in [2.24, 2.45) is 0 Å². The number of allylic oxidation sites excluding steroid dienone is 1. The van der Waals surface area contributed by atoms with Crippen molar-refractivity contribution in [2.45, 2.75) is 6.92 Å². The van der Waals surface area contributed by atoms with Crippen LogP contribution in [0.5, 0.6) is 0 Å². The quantitative estimate of drug-likeness (QED) is 0.305. The zero-order valence-corrected chi connectivity index (χ0v) is 13.8. The van der Waals surface area contributed by atoms with Gasteiger partial charge in [-0.2, -0.15) is 0 Å². The van der Waals surface area contributed by atoms with E-state index in [2.05, 4.69) is 61.5 Å². The highest BCUT2D eigenvalue weighted by Crippen LogP contribution is 2.37. The maximum absolute atomic E-state index is 10.5.